The molecule has 0 fully saturated rings. The highest BCUT2D eigenvalue weighted by atomic mass is 16.5. The third-order valence-electron chi connectivity index (χ3n) is 4.15. The van der Waals surface area contributed by atoms with Crippen molar-refractivity contribution in [2.24, 2.45) is 5.92 Å². The Morgan fingerprint density at radius 1 is 1.36 bits per heavy atom. The maximum atomic E-state index is 12.2. The van der Waals surface area contributed by atoms with Gasteiger partial charge in [-0.15, -0.1) is 0 Å². The lowest BCUT2D eigenvalue weighted by atomic mass is 10.0. The van der Waals surface area contributed by atoms with Gasteiger partial charge in [-0.05, 0) is 43.0 Å². The molecule has 0 saturated heterocycles. The van der Waals surface area contributed by atoms with Crippen LogP contribution in [0.3, 0.4) is 0 Å². The smallest absolute Gasteiger partial charge is 0.308 e. The number of benzene rings is 1. The molecule has 2 rings (SSSR count). The average molecular weight is 305 g/mol. The zero-order valence-corrected chi connectivity index (χ0v) is 13.3. The van der Waals surface area contributed by atoms with Gasteiger partial charge in [-0.3, -0.25) is 9.59 Å². The van der Waals surface area contributed by atoms with Gasteiger partial charge in [-0.2, -0.15) is 0 Å². The van der Waals surface area contributed by atoms with Crippen molar-refractivity contribution in [2.75, 3.05) is 6.54 Å². The summed E-state index contributed by atoms with van der Waals surface area (Å²) in [7, 11) is 0. The van der Waals surface area contributed by atoms with Crippen molar-refractivity contribution in [3.63, 3.8) is 0 Å². The lowest BCUT2D eigenvalue weighted by Crippen LogP contribution is -2.41. The molecule has 2 atom stereocenters. The van der Waals surface area contributed by atoms with Gasteiger partial charge in [0, 0.05) is 13.0 Å². The van der Waals surface area contributed by atoms with Crippen LogP contribution in [0.5, 0.6) is 5.75 Å². The molecule has 1 aromatic carbocycles. The topological polar surface area (TPSA) is 75.6 Å². The third-order valence-corrected chi connectivity index (χ3v) is 4.15. The van der Waals surface area contributed by atoms with E-state index in [1.165, 1.54) is 5.56 Å². The number of carbonyl (C=O) groups excluding carboxylic acids is 1. The van der Waals surface area contributed by atoms with Gasteiger partial charge in [-0.1, -0.05) is 19.4 Å². The number of fused-ring (bicyclic) bond motifs is 1. The summed E-state index contributed by atoms with van der Waals surface area (Å²) >= 11 is 0. The number of carboxylic acids is 1. The Balaban J connectivity index is 1.94. The van der Waals surface area contributed by atoms with E-state index in [1.54, 1.807) is 0 Å². The van der Waals surface area contributed by atoms with Gasteiger partial charge in [0.25, 0.3) is 5.91 Å². The zero-order valence-electron chi connectivity index (χ0n) is 13.3. The highest BCUT2D eigenvalue weighted by molar-refractivity contribution is 5.83. The van der Waals surface area contributed by atoms with E-state index in [2.05, 4.69) is 11.4 Å². The molecule has 0 spiro atoms. The fourth-order valence-electron chi connectivity index (χ4n) is 2.66. The fourth-order valence-corrected chi connectivity index (χ4v) is 2.66. The third kappa shape index (κ3) is 3.59. The Bertz CT molecular complexity index is 551. The quantitative estimate of drug-likeness (QED) is 0.845. The summed E-state index contributed by atoms with van der Waals surface area (Å²) in [6.45, 7) is 6.12. The van der Waals surface area contributed by atoms with Crippen LogP contribution in [-0.4, -0.2) is 29.6 Å². The summed E-state index contributed by atoms with van der Waals surface area (Å²) in [5, 5.41) is 11.8. The van der Waals surface area contributed by atoms with Gasteiger partial charge in [-0.25, -0.2) is 0 Å². The van der Waals surface area contributed by atoms with Crippen LogP contribution in [0.15, 0.2) is 12.1 Å². The normalized spacial score (nSPS) is 17.5. The maximum Gasteiger partial charge on any atom is 0.308 e. The van der Waals surface area contributed by atoms with Gasteiger partial charge < -0.3 is 15.2 Å². The van der Waals surface area contributed by atoms with Crippen molar-refractivity contribution in [1.82, 2.24) is 5.32 Å². The average Bonchev–Trinajstić information content (AvgIpc) is 2.86. The minimum absolute atomic E-state index is 0.149. The number of carboxylic acid groups (broad SMARTS) is 1. The Labute approximate surface area is 130 Å². The molecule has 22 heavy (non-hydrogen) atoms. The summed E-state index contributed by atoms with van der Waals surface area (Å²) in [6, 6.07) is 4.00. The van der Waals surface area contributed by atoms with Crippen LogP contribution < -0.4 is 10.1 Å². The number of hydrogen-bond acceptors (Lipinski definition) is 3. The summed E-state index contributed by atoms with van der Waals surface area (Å²) in [4.78, 5) is 23.3. The van der Waals surface area contributed by atoms with E-state index in [4.69, 9.17) is 9.84 Å². The van der Waals surface area contributed by atoms with Gasteiger partial charge >= 0.3 is 5.97 Å². The Morgan fingerprint density at radius 3 is 2.68 bits per heavy atom. The second-order valence-corrected chi connectivity index (χ2v) is 5.92. The Hall–Kier alpha value is -2.04. The zero-order chi connectivity index (χ0) is 16.3. The van der Waals surface area contributed by atoms with Crippen molar-refractivity contribution in [2.45, 2.75) is 46.1 Å². The van der Waals surface area contributed by atoms with Gasteiger partial charge in [0.05, 0.1) is 5.92 Å². The van der Waals surface area contributed by atoms with E-state index >= 15 is 0 Å². The van der Waals surface area contributed by atoms with E-state index in [0.717, 1.165) is 23.3 Å². The molecule has 5 nitrogen and oxygen atoms in total. The number of carbonyl (C=O) groups is 2. The number of nitrogens with one attached hydrogen (secondary N) is 1. The predicted octanol–water partition coefficient (Wildman–Crippen LogP) is 2.22. The van der Waals surface area contributed by atoms with Crippen LogP contribution in [0.4, 0.5) is 0 Å². The van der Waals surface area contributed by atoms with Gasteiger partial charge in [0.1, 0.15) is 5.75 Å². The van der Waals surface area contributed by atoms with Crippen LogP contribution in [0, 0.1) is 19.8 Å². The van der Waals surface area contributed by atoms with Crippen LogP contribution in [0.2, 0.25) is 0 Å². The van der Waals surface area contributed by atoms with Crippen molar-refractivity contribution < 1.29 is 19.4 Å². The van der Waals surface area contributed by atoms with Crippen molar-refractivity contribution in [3.8, 4) is 5.75 Å². The molecule has 1 heterocycles. The first-order valence-corrected chi connectivity index (χ1v) is 7.69. The minimum Gasteiger partial charge on any atom is -0.481 e. The molecule has 1 aliphatic rings. The lowest BCUT2D eigenvalue weighted by Gasteiger charge is -2.15. The van der Waals surface area contributed by atoms with E-state index < -0.39 is 18.0 Å². The molecule has 1 aromatic rings. The summed E-state index contributed by atoms with van der Waals surface area (Å²) in [6.07, 6.45) is 1.30. The van der Waals surface area contributed by atoms with Gasteiger partial charge in [0.2, 0.25) is 0 Å². The predicted molar refractivity (Wildman–Crippen MR) is 83.1 cm³/mol. The first-order chi connectivity index (χ1) is 10.4. The molecule has 1 aliphatic heterocycles. The first kappa shape index (κ1) is 16.3. The molecule has 0 aromatic heterocycles. The van der Waals surface area contributed by atoms with Crippen molar-refractivity contribution >= 4 is 11.9 Å². The van der Waals surface area contributed by atoms with Crippen LogP contribution >= 0.6 is 0 Å². The Kier molecular flexibility index (Phi) is 5.06. The van der Waals surface area contributed by atoms with Crippen molar-refractivity contribution in [3.05, 3.63) is 28.8 Å². The van der Waals surface area contributed by atoms with Crippen molar-refractivity contribution in [1.29, 1.82) is 0 Å². The monoisotopic (exact) mass is 305 g/mol. The maximum absolute atomic E-state index is 12.2. The summed E-state index contributed by atoms with van der Waals surface area (Å²) in [5.41, 5.74) is 3.34. The molecule has 0 aliphatic carbocycles. The number of aryl methyl sites for hydroxylation is 2. The van der Waals surface area contributed by atoms with E-state index in [0.29, 0.717) is 12.8 Å². The number of amides is 1. The number of rotatable bonds is 6. The molecule has 2 unspecified atom stereocenters. The van der Waals surface area contributed by atoms with Crippen LogP contribution in [0.1, 0.15) is 36.5 Å². The molecule has 0 bridgehead atoms. The minimum atomic E-state index is -0.871. The molecule has 2 N–H and O–H groups in total. The van der Waals surface area contributed by atoms with E-state index in [1.807, 2.05) is 26.8 Å². The summed E-state index contributed by atoms with van der Waals surface area (Å²) in [5.74, 6) is -0.897. The standard InChI is InChI=1S/C17H23NO4/c1-4-5-12(17(20)21)9-18-16(19)15-8-13-6-10(2)11(3)7-14(13)22-15/h6-7,12,15H,4-5,8-9H2,1-3H3,(H,18,19)(H,20,21). The molecule has 1 amide bonds. The second kappa shape index (κ2) is 6.81. The molecule has 0 saturated carbocycles. The lowest BCUT2D eigenvalue weighted by molar-refractivity contribution is -0.142. The van der Waals surface area contributed by atoms with E-state index in [9.17, 15) is 9.59 Å². The molecular weight excluding hydrogens is 282 g/mol. The molecule has 120 valence electrons. The van der Waals surface area contributed by atoms with Crippen LogP contribution in [0.25, 0.3) is 0 Å². The Morgan fingerprint density at radius 2 is 2.05 bits per heavy atom. The number of aliphatic carboxylic acids is 1. The SMILES string of the molecule is CCCC(CNC(=O)C1Cc2cc(C)c(C)cc2O1)C(=O)O. The molecule has 0 radical (unpaired) electrons. The molecular formula is C17H23NO4. The van der Waals surface area contributed by atoms with Crippen LogP contribution in [-0.2, 0) is 16.0 Å². The summed E-state index contributed by atoms with van der Waals surface area (Å²) < 4.78 is 5.70. The fraction of sp³-hybridized carbons (Fsp3) is 0.529. The van der Waals surface area contributed by atoms with Gasteiger partial charge in [0.15, 0.2) is 6.10 Å². The number of ether oxygens (including phenoxy) is 1. The number of hydrogen-bond donors (Lipinski definition) is 2. The second-order valence-electron chi connectivity index (χ2n) is 5.92. The molecule has 5 heteroatoms. The highest BCUT2D eigenvalue weighted by Gasteiger charge is 2.30. The first-order valence-electron chi connectivity index (χ1n) is 7.69. The largest absolute Gasteiger partial charge is 0.481 e. The van der Waals surface area contributed by atoms with E-state index in [-0.39, 0.29) is 12.5 Å². The highest BCUT2D eigenvalue weighted by Crippen LogP contribution is 2.31.